The Morgan fingerprint density at radius 3 is 2.38 bits per heavy atom. The minimum atomic E-state index is -1.89. The molecule has 0 heterocycles. The van der Waals surface area contributed by atoms with Crippen LogP contribution in [-0.4, -0.2) is 26.5 Å². The van der Waals surface area contributed by atoms with Gasteiger partial charge in [0.2, 0.25) is 0 Å². The van der Waals surface area contributed by atoms with E-state index in [4.69, 9.17) is 15.6 Å². The Morgan fingerprint density at radius 2 is 1.95 bits per heavy atom. The lowest BCUT2D eigenvalue weighted by Crippen LogP contribution is -2.46. The molecule has 0 saturated heterocycles. The van der Waals surface area contributed by atoms with E-state index in [1.54, 1.807) is 0 Å². The SMILES string of the molecule is C#CC1=C(C)[C@@H](O[Si](C)(C)C(C)(C)C)C[C@H](OC(C)=O)C1. The van der Waals surface area contributed by atoms with Crippen LogP contribution in [-0.2, 0) is 14.0 Å². The van der Waals surface area contributed by atoms with Gasteiger partial charge in [0, 0.05) is 25.3 Å². The molecule has 0 saturated carbocycles. The first-order chi connectivity index (χ1) is 9.48. The van der Waals surface area contributed by atoms with Crippen molar-refractivity contribution in [2.45, 2.75) is 77.8 Å². The van der Waals surface area contributed by atoms with Gasteiger partial charge in [-0.25, -0.2) is 0 Å². The average Bonchev–Trinajstić information content (AvgIpc) is 2.30. The molecule has 0 aromatic rings. The number of carbonyl (C=O) groups is 1. The van der Waals surface area contributed by atoms with Crippen LogP contribution >= 0.6 is 0 Å². The first kappa shape index (κ1) is 18.0. The summed E-state index contributed by atoms with van der Waals surface area (Å²) in [7, 11) is -1.89. The number of terminal acetylenes is 1. The zero-order valence-corrected chi connectivity index (χ0v) is 15.4. The van der Waals surface area contributed by atoms with Gasteiger partial charge in [-0.2, -0.15) is 0 Å². The van der Waals surface area contributed by atoms with Gasteiger partial charge in [-0.15, -0.1) is 6.42 Å². The number of esters is 1. The second-order valence-electron chi connectivity index (χ2n) is 7.34. The Kier molecular flexibility index (Phi) is 5.46. The van der Waals surface area contributed by atoms with E-state index in [2.05, 4.69) is 39.8 Å². The Balaban J connectivity index is 2.99. The molecule has 0 bridgehead atoms. The van der Waals surface area contributed by atoms with Crippen LogP contribution < -0.4 is 0 Å². The molecule has 118 valence electrons. The van der Waals surface area contributed by atoms with E-state index in [9.17, 15) is 4.79 Å². The second-order valence-corrected chi connectivity index (χ2v) is 12.1. The van der Waals surface area contributed by atoms with Crippen molar-refractivity contribution in [1.82, 2.24) is 0 Å². The molecular formula is C17H28O3Si. The fraction of sp³-hybridized carbons (Fsp3) is 0.706. The lowest BCUT2D eigenvalue weighted by atomic mass is 9.89. The molecule has 0 N–H and O–H groups in total. The molecule has 0 aromatic heterocycles. The maximum absolute atomic E-state index is 11.2. The molecule has 2 atom stereocenters. The molecule has 0 spiro atoms. The Hall–Kier alpha value is -1.05. The average molecular weight is 308 g/mol. The van der Waals surface area contributed by atoms with Crippen LogP contribution in [0.4, 0.5) is 0 Å². The van der Waals surface area contributed by atoms with Crippen LogP contribution in [0.1, 0.15) is 47.5 Å². The molecule has 21 heavy (non-hydrogen) atoms. The number of ether oxygens (including phenoxy) is 1. The van der Waals surface area contributed by atoms with Gasteiger partial charge in [-0.05, 0) is 30.6 Å². The minimum absolute atomic E-state index is 0.0463. The quantitative estimate of drug-likeness (QED) is 0.448. The second kappa shape index (κ2) is 6.37. The molecule has 1 aliphatic carbocycles. The van der Waals surface area contributed by atoms with Gasteiger partial charge in [0.25, 0.3) is 0 Å². The lowest BCUT2D eigenvalue weighted by molar-refractivity contribution is -0.147. The molecule has 0 aromatic carbocycles. The Bertz CT molecular complexity index is 477. The highest BCUT2D eigenvalue weighted by Crippen LogP contribution is 2.40. The van der Waals surface area contributed by atoms with Crippen LogP contribution in [0.15, 0.2) is 11.1 Å². The van der Waals surface area contributed by atoms with Crippen molar-refractivity contribution in [2.75, 3.05) is 0 Å². The summed E-state index contributed by atoms with van der Waals surface area (Å²) in [6.45, 7) is 14.6. The molecule has 4 heteroatoms. The van der Waals surface area contributed by atoms with Crippen LogP contribution in [0.25, 0.3) is 0 Å². The summed E-state index contributed by atoms with van der Waals surface area (Å²) in [6.07, 6.45) is 6.71. The van der Waals surface area contributed by atoms with Crippen molar-refractivity contribution in [1.29, 1.82) is 0 Å². The number of carbonyl (C=O) groups excluding carboxylic acids is 1. The van der Waals surface area contributed by atoms with Gasteiger partial charge in [0.15, 0.2) is 8.32 Å². The molecule has 0 aliphatic heterocycles. The molecule has 0 fully saturated rings. The van der Waals surface area contributed by atoms with Crippen molar-refractivity contribution >= 4 is 14.3 Å². The van der Waals surface area contributed by atoms with Crippen LogP contribution in [0.5, 0.6) is 0 Å². The van der Waals surface area contributed by atoms with Gasteiger partial charge >= 0.3 is 5.97 Å². The van der Waals surface area contributed by atoms with Crippen LogP contribution in [0.3, 0.4) is 0 Å². The van der Waals surface area contributed by atoms with E-state index in [-0.39, 0.29) is 23.2 Å². The molecule has 1 aliphatic rings. The standard InChI is InChI=1S/C17H28O3Si/c1-9-14-10-15(19-13(3)18)11-16(12(14)2)20-21(7,8)17(4,5)6/h1,15-16H,10-11H2,2-8H3/t15-,16+/m1/s1. The molecule has 0 radical (unpaired) electrons. The minimum Gasteiger partial charge on any atom is -0.462 e. The topological polar surface area (TPSA) is 35.5 Å². The maximum atomic E-state index is 11.2. The van der Waals surface area contributed by atoms with Crippen molar-refractivity contribution in [3.8, 4) is 12.3 Å². The predicted octanol–water partition coefficient (Wildman–Crippen LogP) is 4.05. The third-order valence-corrected chi connectivity index (χ3v) is 9.10. The summed E-state index contributed by atoms with van der Waals surface area (Å²) in [5.41, 5.74) is 2.03. The van der Waals surface area contributed by atoms with Gasteiger partial charge < -0.3 is 9.16 Å². The van der Waals surface area contributed by atoms with E-state index in [0.717, 1.165) is 11.1 Å². The summed E-state index contributed by atoms with van der Waals surface area (Å²) < 4.78 is 11.9. The monoisotopic (exact) mass is 308 g/mol. The Labute approximate surface area is 130 Å². The molecule has 1 rings (SSSR count). The van der Waals surface area contributed by atoms with Gasteiger partial charge in [0.1, 0.15) is 6.10 Å². The zero-order chi connectivity index (χ0) is 16.4. The molecule has 3 nitrogen and oxygen atoms in total. The highest BCUT2D eigenvalue weighted by atomic mass is 28.4. The summed E-state index contributed by atoms with van der Waals surface area (Å²) in [5, 5.41) is 0.137. The third kappa shape index (κ3) is 4.46. The first-order valence-corrected chi connectivity index (χ1v) is 10.4. The summed E-state index contributed by atoms with van der Waals surface area (Å²) >= 11 is 0. The third-order valence-electron chi connectivity index (χ3n) is 4.62. The first-order valence-electron chi connectivity index (χ1n) is 7.49. The number of rotatable bonds is 3. The van der Waals surface area contributed by atoms with E-state index < -0.39 is 8.32 Å². The molecule has 0 unspecified atom stereocenters. The van der Waals surface area contributed by atoms with Gasteiger partial charge in [0.05, 0.1) is 6.10 Å². The number of hydrogen-bond acceptors (Lipinski definition) is 3. The fourth-order valence-corrected chi connectivity index (χ4v) is 3.59. The predicted molar refractivity (Wildman–Crippen MR) is 88.4 cm³/mol. The fourth-order valence-electron chi connectivity index (χ4n) is 2.25. The summed E-state index contributed by atoms with van der Waals surface area (Å²) in [5.74, 6) is 2.47. The van der Waals surface area contributed by atoms with E-state index in [0.29, 0.717) is 12.8 Å². The zero-order valence-electron chi connectivity index (χ0n) is 14.4. The largest absolute Gasteiger partial charge is 0.462 e. The van der Waals surface area contributed by atoms with E-state index >= 15 is 0 Å². The summed E-state index contributed by atoms with van der Waals surface area (Å²) in [6, 6.07) is 0. The smallest absolute Gasteiger partial charge is 0.302 e. The van der Waals surface area contributed by atoms with E-state index in [1.807, 2.05) is 6.92 Å². The van der Waals surface area contributed by atoms with E-state index in [1.165, 1.54) is 6.92 Å². The molecule has 0 amide bonds. The van der Waals surface area contributed by atoms with Crippen LogP contribution in [0, 0.1) is 12.3 Å². The molecular weight excluding hydrogens is 280 g/mol. The highest BCUT2D eigenvalue weighted by molar-refractivity contribution is 6.74. The Morgan fingerprint density at radius 1 is 1.38 bits per heavy atom. The maximum Gasteiger partial charge on any atom is 0.302 e. The highest BCUT2D eigenvalue weighted by Gasteiger charge is 2.41. The van der Waals surface area contributed by atoms with Crippen molar-refractivity contribution in [3.63, 3.8) is 0 Å². The van der Waals surface area contributed by atoms with Gasteiger partial charge in [-0.1, -0.05) is 26.7 Å². The summed E-state index contributed by atoms with van der Waals surface area (Å²) in [4.78, 5) is 11.2. The van der Waals surface area contributed by atoms with Gasteiger partial charge in [-0.3, -0.25) is 4.79 Å². The van der Waals surface area contributed by atoms with Crippen LogP contribution in [0.2, 0.25) is 18.1 Å². The number of hydrogen-bond donors (Lipinski definition) is 0. The van der Waals surface area contributed by atoms with Crippen molar-refractivity contribution in [2.24, 2.45) is 0 Å². The van der Waals surface area contributed by atoms with Crippen molar-refractivity contribution in [3.05, 3.63) is 11.1 Å². The lowest BCUT2D eigenvalue weighted by Gasteiger charge is -2.41. The van der Waals surface area contributed by atoms with Crippen molar-refractivity contribution < 1.29 is 14.0 Å². The normalized spacial score (nSPS) is 23.7.